The number of rotatable bonds is 7. The Hall–Kier alpha value is -2.59. The fraction of sp³-hybridized carbons (Fsp3) is 0.381. The van der Waals surface area contributed by atoms with E-state index in [1.807, 2.05) is 0 Å². The van der Waals surface area contributed by atoms with E-state index >= 15 is 0 Å². The van der Waals surface area contributed by atoms with Crippen molar-refractivity contribution in [3.05, 3.63) is 46.1 Å². The van der Waals surface area contributed by atoms with Gasteiger partial charge < -0.3 is 19.7 Å². The number of carbonyl (C=O) groups excluding carboxylic acids is 3. The molecule has 2 heterocycles. The molecule has 0 saturated carbocycles. The molecule has 0 spiro atoms. The molecule has 2 amide bonds. The molecule has 0 saturated heterocycles. The molecule has 0 atom stereocenters. The summed E-state index contributed by atoms with van der Waals surface area (Å²) in [6.07, 6.45) is 0.301. The lowest BCUT2D eigenvalue weighted by Gasteiger charge is -2.26. The van der Waals surface area contributed by atoms with Crippen molar-refractivity contribution in [3.63, 3.8) is 0 Å². The highest BCUT2D eigenvalue weighted by Crippen LogP contribution is 2.38. The van der Waals surface area contributed by atoms with E-state index in [2.05, 4.69) is 5.32 Å². The van der Waals surface area contributed by atoms with Gasteiger partial charge in [-0.1, -0.05) is 0 Å². The van der Waals surface area contributed by atoms with E-state index in [1.165, 1.54) is 42.3 Å². The Morgan fingerprint density at radius 3 is 2.68 bits per heavy atom. The number of fused-ring (bicyclic) bond motifs is 1. The van der Waals surface area contributed by atoms with Gasteiger partial charge in [-0.2, -0.15) is 0 Å². The van der Waals surface area contributed by atoms with E-state index in [-0.39, 0.29) is 24.8 Å². The van der Waals surface area contributed by atoms with Crippen LogP contribution >= 0.6 is 23.1 Å². The number of methoxy groups -OCH3 is 1. The van der Waals surface area contributed by atoms with Gasteiger partial charge >= 0.3 is 12.1 Å². The fourth-order valence-corrected chi connectivity index (χ4v) is 5.28. The lowest BCUT2D eigenvalue weighted by molar-refractivity contribution is -0.115. The Morgan fingerprint density at radius 2 is 2.00 bits per heavy atom. The quantitative estimate of drug-likeness (QED) is 0.484. The second-order valence-corrected chi connectivity index (χ2v) is 8.94. The van der Waals surface area contributed by atoms with Crippen LogP contribution < -0.4 is 5.32 Å². The summed E-state index contributed by atoms with van der Waals surface area (Å²) in [7, 11) is 1.30. The van der Waals surface area contributed by atoms with Gasteiger partial charge in [0.2, 0.25) is 5.91 Å². The molecular formula is C21H23FN2O5S2. The highest BCUT2D eigenvalue weighted by Gasteiger charge is 2.31. The Kier molecular flexibility index (Phi) is 7.91. The lowest BCUT2D eigenvalue weighted by atomic mass is 10.0. The third-order valence-electron chi connectivity index (χ3n) is 4.64. The number of nitrogens with zero attached hydrogens (tertiary/aromatic N) is 1. The van der Waals surface area contributed by atoms with E-state index in [0.29, 0.717) is 35.8 Å². The maximum atomic E-state index is 13.0. The van der Waals surface area contributed by atoms with Crippen LogP contribution in [-0.4, -0.2) is 48.9 Å². The molecule has 31 heavy (non-hydrogen) atoms. The highest BCUT2D eigenvalue weighted by molar-refractivity contribution is 7.99. The van der Waals surface area contributed by atoms with Crippen molar-refractivity contribution in [1.82, 2.24) is 4.90 Å². The lowest BCUT2D eigenvalue weighted by Crippen LogP contribution is -2.36. The van der Waals surface area contributed by atoms with Crippen LogP contribution in [0.15, 0.2) is 29.2 Å². The first-order valence-electron chi connectivity index (χ1n) is 9.75. The van der Waals surface area contributed by atoms with Gasteiger partial charge in [0.15, 0.2) is 0 Å². The zero-order valence-corrected chi connectivity index (χ0v) is 18.9. The summed E-state index contributed by atoms with van der Waals surface area (Å²) in [5.74, 6) is -0.550. The zero-order valence-electron chi connectivity index (χ0n) is 17.2. The highest BCUT2D eigenvalue weighted by atomic mass is 32.2. The monoisotopic (exact) mass is 466 g/mol. The minimum absolute atomic E-state index is 0.222. The predicted octanol–water partition coefficient (Wildman–Crippen LogP) is 4.31. The molecule has 3 rings (SSSR count). The van der Waals surface area contributed by atoms with E-state index in [0.717, 1.165) is 15.3 Å². The van der Waals surface area contributed by atoms with Gasteiger partial charge in [0, 0.05) is 28.5 Å². The Bertz CT molecular complexity index is 961. The Morgan fingerprint density at radius 1 is 1.26 bits per heavy atom. The summed E-state index contributed by atoms with van der Waals surface area (Å²) < 4.78 is 23.0. The molecule has 1 aliphatic rings. The molecule has 0 radical (unpaired) electrons. The first-order chi connectivity index (χ1) is 14.9. The maximum Gasteiger partial charge on any atom is 0.410 e. The van der Waals surface area contributed by atoms with Gasteiger partial charge in [0.05, 0.1) is 25.8 Å². The number of esters is 1. The number of halogens is 1. The van der Waals surface area contributed by atoms with E-state index in [4.69, 9.17) is 9.47 Å². The number of hydrogen-bond acceptors (Lipinski definition) is 7. The molecule has 0 bridgehead atoms. The van der Waals surface area contributed by atoms with Crippen LogP contribution in [0.3, 0.4) is 0 Å². The van der Waals surface area contributed by atoms with Gasteiger partial charge in [-0.3, -0.25) is 4.79 Å². The van der Waals surface area contributed by atoms with Crippen LogP contribution in [0.1, 0.15) is 34.1 Å². The van der Waals surface area contributed by atoms with E-state index in [9.17, 15) is 18.8 Å². The first-order valence-corrected chi connectivity index (χ1v) is 11.6. The molecule has 0 aliphatic carbocycles. The topological polar surface area (TPSA) is 84.9 Å². The van der Waals surface area contributed by atoms with Gasteiger partial charge in [0.25, 0.3) is 0 Å². The summed E-state index contributed by atoms with van der Waals surface area (Å²) in [5, 5.41) is 3.25. The molecule has 1 aromatic carbocycles. The van der Waals surface area contributed by atoms with E-state index < -0.39 is 12.1 Å². The summed E-state index contributed by atoms with van der Waals surface area (Å²) in [4.78, 5) is 40.2. The number of amides is 2. The average molecular weight is 467 g/mol. The number of ether oxygens (including phenoxy) is 2. The number of hydrogen-bond donors (Lipinski definition) is 1. The second-order valence-electron chi connectivity index (χ2n) is 6.67. The maximum absolute atomic E-state index is 13.0. The number of thiophene rings is 1. The normalized spacial score (nSPS) is 12.8. The van der Waals surface area contributed by atoms with Crippen molar-refractivity contribution in [3.8, 4) is 0 Å². The summed E-state index contributed by atoms with van der Waals surface area (Å²) in [5.41, 5.74) is 1.15. The van der Waals surface area contributed by atoms with E-state index in [1.54, 1.807) is 24.0 Å². The molecule has 0 fully saturated rings. The van der Waals surface area contributed by atoms with Gasteiger partial charge in [-0.05, 0) is 43.2 Å². The molecule has 1 N–H and O–H groups in total. The van der Waals surface area contributed by atoms with Crippen LogP contribution in [0.5, 0.6) is 0 Å². The molecule has 0 unspecified atom stereocenters. The summed E-state index contributed by atoms with van der Waals surface area (Å²) in [6, 6.07) is 6.08. The summed E-state index contributed by atoms with van der Waals surface area (Å²) in [6.45, 7) is 2.78. The second kappa shape index (κ2) is 10.6. The van der Waals surface area contributed by atoms with Crippen molar-refractivity contribution in [1.29, 1.82) is 0 Å². The number of nitrogens with one attached hydrogen (secondary N) is 1. The third kappa shape index (κ3) is 5.76. The van der Waals surface area contributed by atoms with Gasteiger partial charge in [-0.25, -0.2) is 14.0 Å². The summed E-state index contributed by atoms with van der Waals surface area (Å²) >= 11 is 2.72. The molecule has 1 aromatic heterocycles. The molecular weight excluding hydrogens is 443 g/mol. The van der Waals surface area contributed by atoms with Crippen LogP contribution in [0.4, 0.5) is 14.2 Å². The number of carbonyl (C=O) groups is 3. The first kappa shape index (κ1) is 23.1. The van der Waals surface area contributed by atoms with Crippen LogP contribution in [0.2, 0.25) is 0 Å². The Labute approximate surface area is 187 Å². The molecule has 166 valence electrons. The van der Waals surface area contributed by atoms with Crippen molar-refractivity contribution in [2.75, 3.05) is 31.3 Å². The van der Waals surface area contributed by atoms with Crippen LogP contribution in [0.25, 0.3) is 0 Å². The molecule has 10 heteroatoms. The minimum Gasteiger partial charge on any atom is -0.465 e. The minimum atomic E-state index is -0.516. The molecule has 1 aliphatic heterocycles. The smallest absolute Gasteiger partial charge is 0.410 e. The van der Waals surface area contributed by atoms with Crippen molar-refractivity contribution in [2.45, 2.75) is 31.2 Å². The Balaban J connectivity index is 1.67. The largest absolute Gasteiger partial charge is 0.465 e. The van der Waals surface area contributed by atoms with Crippen molar-refractivity contribution in [2.24, 2.45) is 0 Å². The van der Waals surface area contributed by atoms with Gasteiger partial charge in [0.1, 0.15) is 10.8 Å². The standard InChI is InChI=1S/C21H23FN2O5S2/c1-3-29-21(27)24-10-8-15-16(12-24)31-19(18(15)20(26)28-2)23-17(25)9-11-30-14-6-4-13(22)5-7-14/h4-7H,3,8-12H2,1-2H3,(H,23,25). The molecule has 2 aromatic rings. The van der Waals surface area contributed by atoms with Crippen molar-refractivity contribution < 1.29 is 28.2 Å². The van der Waals surface area contributed by atoms with Gasteiger partial charge in [-0.15, -0.1) is 23.1 Å². The molecule has 7 nitrogen and oxygen atoms in total. The number of anilines is 1. The van der Waals surface area contributed by atoms with Crippen molar-refractivity contribution >= 4 is 46.1 Å². The zero-order chi connectivity index (χ0) is 22.4. The fourth-order valence-electron chi connectivity index (χ4n) is 3.16. The SMILES string of the molecule is CCOC(=O)N1CCc2c(sc(NC(=O)CCSc3ccc(F)cc3)c2C(=O)OC)C1. The van der Waals surface area contributed by atoms with Crippen LogP contribution in [-0.2, 0) is 27.2 Å². The third-order valence-corrected chi connectivity index (χ3v) is 6.78. The average Bonchev–Trinajstić information content (AvgIpc) is 3.11. The predicted molar refractivity (Wildman–Crippen MR) is 117 cm³/mol. The van der Waals surface area contributed by atoms with Crippen LogP contribution in [0, 0.1) is 5.82 Å². The number of thioether (sulfide) groups is 1. The number of benzene rings is 1.